The zero-order valence-electron chi connectivity index (χ0n) is 25.6. The number of ether oxygens (including phenoxy) is 2. The number of nitrogens with zero attached hydrogens (tertiary/aromatic N) is 2. The van der Waals surface area contributed by atoms with Gasteiger partial charge in [-0.25, -0.2) is 0 Å². The molecule has 3 fully saturated rings. The number of amides is 1. The normalized spacial score (nSPS) is 22.3. The van der Waals surface area contributed by atoms with Crippen LogP contribution in [0.3, 0.4) is 0 Å². The smallest absolute Gasteiger partial charge is 0.253 e. The number of nitrogens with one attached hydrogen (secondary N) is 2. The van der Waals surface area contributed by atoms with Crippen molar-refractivity contribution in [2.24, 2.45) is 5.92 Å². The molecule has 8 nitrogen and oxygen atoms in total. The SMILES string of the molecule is CCN(c1cc(O[C@H]2C[C@H](N3CCC(C)CC3)C2)cc(C(=O)NCc2c(C)cc(C)[nH]c2=O)c1C)C1CCOCC1. The Balaban J connectivity index is 1.36. The number of aromatic nitrogens is 1. The van der Waals surface area contributed by atoms with Crippen LogP contribution in [0.4, 0.5) is 5.69 Å². The van der Waals surface area contributed by atoms with Crippen molar-refractivity contribution in [3.8, 4) is 5.75 Å². The van der Waals surface area contributed by atoms with Crippen LogP contribution in [-0.4, -0.2) is 66.8 Å². The molecule has 1 saturated carbocycles. The number of aryl methyl sites for hydroxylation is 2. The molecule has 1 aromatic carbocycles. The largest absolute Gasteiger partial charge is 0.490 e. The van der Waals surface area contributed by atoms with Gasteiger partial charge < -0.3 is 29.6 Å². The standard InChI is InChI=1S/C33H48N4O4/c1-6-37(25-9-13-40-14-10-25)31-19-28(41-27-16-26(17-27)36-11-7-21(2)8-12-36)18-29(24(31)5)32(38)34-20-30-22(3)15-23(4)35-33(30)39/h15,18-19,21,25-27H,6-14,16-17,20H2,1-5H3,(H,34,38)(H,35,39)/t26-,27-. The van der Waals surface area contributed by atoms with Gasteiger partial charge in [0.05, 0.1) is 0 Å². The molecule has 2 N–H and O–H groups in total. The number of carbonyl (C=O) groups excluding carboxylic acids is 1. The Morgan fingerprint density at radius 1 is 1.10 bits per heavy atom. The lowest BCUT2D eigenvalue weighted by molar-refractivity contribution is 0.00305. The maximum Gasteiger partial charge on any atom is 0.253 e. The number of aromatic amines is 1. The number of likely N-dealkylation sites (tertiary alicyclic amines) is 1. The van der Waals surface area contributed by atoms with E-state index in [1.807, 2.05) is 32.9 Å². The Labute approximate surface area is 244 Å². The lowest BCUT2D eigenvalue weighted by atomic mass is 9.85. The monoisotopic (exact) mass is 564 g/mol. The first-order valence-electron chi connectivity index (χ1n) is 15.6. The molecule has 0 unspecified atom stereocenters. The van der Waals surface area contributed by atoms with Gasteiger partial charge in [0, 0.05) is 79.8 Å². The molecule has 0 bridgehead atoms. The van der Waals surface area contributed by atoms with E-state index in [4.69, 9.17) is 9.47 Å². The molecule has 1 aromatic heterocycles. The lowest BCUT2D eigenvalue weighted by Gasteiger charge is -2.45. The molecule has 0 atom stereocenters. The number of anilines is 1. The van der Waals surface area contributed by atoms with Gasteiger partial charge in [-0.3, -0.25) is 9.59 Å². The van der Waals surface area contributed by atoms with E-state index < -0.39 is 0 Å². The highest BCUT2D eigenvalue weighted by molar-refractivity contribution is 5.97. The molecule has 2 aromatic rings. The fourth-order valence-corrected chi connectivity index (χ4v) is 6.78. The van der Waals surface area contributed by atoms with Gasteiger partial charge in [-0.1, -0.05) is 6.92 Å². The van der Waals surface area contributed by atoms with Gasteiger partial charge in [-0.2, -0.15) is 0 Å². The Morgan fingerprint density at radius 2 is 1.80 bits per heavy atom. The van der Waals surface area contributed by atoms with E-state index in [1.165, 1.54) is 25.9 Å². The summed E-state index contributed by atoms with van der Waals surface area (Å²) >= 11 is 0. The molecule has 5 rings (SSSR count). The first-order valence-corrected chi connectivity index (χ1v) is 15.6. The molecule has 0 spiro atoms. The van der Waals surface area contributed by atoms with Crippen molar-refractivity contribution in [1.82, 2.24) is 15.2 Å². The molecular weight excluding hydrogens is 516 g/mol. The average Bonchev–Trinajstić information content (AvgIpc) is 2.93. The van der Waals surface area contributed by atoms with Gasteiger partial charge >= 0.3 is 0 Å². The number of hydrogen-bond donors (Lipinski definition) is 2. The number of carbonyl (C=O) groups is 1. The van der Waals surface area contributed by atoms with Crippen molar-refractivity contribution in [3.63, 3.8) is 0 Å². The molecule has 41 heavy (non-hydrogen) atoms. The van der Waals surface area contributed by atoms with Crippen LogP contribution in [0.25, 0.3) is 0 Å². The zero-order valence-corrected chi connectivity index (χ0v) is 25.6. The number of H-pyrrole nitrogens is 1. The predicted molar refractivity (Wildman–Crippen MR) is 163 cm³/mol. The number of benzene rings is 1. The van der Waals surface area contributed by atoms with Crippen LogP contribution < -0.4 is 20.5 Å². The molecule has 1 aliphatic carbocycles. The van der Waals surface area contributed by atoms with E-state index in [-0.39, 0.29) is 24.1 Å². The summed E-state index contributed by atoms with van der Waals surface area (Å²) in [6, 6.07) is 6.93. The van der Waals surface area contributed by atoms with Crippen LogP contribution in [0, 0.1) is 26.7 Å². The van der Waals surface area contributed by atoms with Gasteiger partial charge in [0.15, 0.2) is 0 Å². The molecular formula is C33H48N4O4. The van der Waals surface area contributed by atoms with Crippen molar-refractivity contribution in [2.45, 2.75) is 97.9 Å². The Morgan fingerprint density at radius 3 is 2.46 bits per heavy atom. The molecule has 1 amide bonds. The molecule has 2 saturated heterocycles. The summed E-state index contributed by atoms with van der Waals surface area (Å²) in [7, 11) is 0. The van der Waals surface area contributed by atoms with Crippen molar-refractivity contribution >= 4 is 11.6 Å². The van der Waals surface area contributed by atoms with Gasteiger partial charge in [0.25, 0.3) is 11.5 Å². The second-order valence-corrected chi connectivity index (χ2v) is 12.5. The van der Waals surface area contributed by atoms with Gasteiger partial charge in [0.2, 0.25) is 0 Å². The topological polar surface area (TPSA) is 86.9 Å². The third-order valence-electron chi connectivity index (χ3n) is 9.51. The van der Waals surface area contributed by atoms with E-state index in [1.54, 1.807) is 0 Å². The van der Waals surface area contributed by atoms with Crippen LogP contribution in [0.1, 0.15) is 85.1 Å². The maximum atomic E-state index is 13.7. The highest BCUT2D eigenvalue weighted by Crippen LogP contribution is 2.37. The predicted octanol–water partition coefficient (Wildman–Crippen LogP) is 4.88. The van der Waals surface area contributed by atoms with Crippen molar-refractivity contribution in [1.29, 1.82) is 0 Å². The van der Waals surface area contributed by atoms with E-state index in [9.17, 15) is 9.59 Å². The fourth-order valence-electron chi connectivity index (χ4n) is 6.78. The fraction of sp³-hybridized carbons (Fsp3) is 0.636. The van der Waals surface area contributed by atoms with Crippen LogP contribution in [-0.2, 0) is 11.3 Å². The minimum atomic E-state index is -0.189. The molecule has 8 heteroatoms. The summed E-state index contributed by atoms with van der Waals surface area (Å²) in [5.74, 6) is 1.39. The van der Waals surface area contributed by atoms with E-state index in [0.717, 1.165) is 79.6 Å². The zero-order chi connectivity index (χ0) is 29.1. The number of piperidine rings is 1. The third-order valence-corrected chi connectivity index (χ3v) is 9.51. The minimum absolute atomic E-state index is 0.156. The summed E-state index contributed by atoms with van der Waals surface area (Å²) < 4.78 is 12.2. The van der Waals surface area contributed by atoms with Crippen LogP contribution in [0.5, 0.6) is 5.75 Å². The number of hydrogen-bond acceptors (Lipinski definition) is 6. The summed E-state index contributed by atoms with van der Waals surface area (Å²) in [4.78, 5) is 34.1. The third kappa shape index (κ3) is 6.81. The Hall–Kier alpha value is -2.84. The quantitative estimate of drug-likeness (QED) is 0.452. The highest BCUT2D eigenvalue weighted by atomic mass is 16.5. The molecule has 224 valence electrons. The maximum absolute atomic E-state index is 13.7. The number of rotatable bonds is 9. The summed E-state index contributed by atoms with van der Waals surface area (Å²) in [6.07, 6.45) is 6.74. The summed E-state index contributed by atoms with van der Waals surface area (Å²) in [6.45, 7) is 15.2. The van der Waals surface area contributed by atoms with Gasteiger partial charge in [-0.15, -0.1) is 0 Å². The lowest BCUT2D eigenvalue weighted by Crippen LogP contribution is -2.51. The van der Waals surface area contributed by atoms with Gasteiger partial charge in [0.1, 0.15) is 11.9 Å². The van der Waals surface area contributed by atoms with E-state index >= 15 is 0 Å². The second-order valence-electron chi connectivity index (χ2n) is 12.5. The molecule has 0 radical (unpaired) electrons. The van der Waals surface area contributed by atoms with Crippen LogP contribution >= 0.6 is 0 Å². The van der Waals surface area contributed by atoms with Crippen LogP contribution in [0.15, 0.2) is 23.0 Å². The molecule has 3 aliphatic rings. The van der Waals surface area contributed by atoms with Gasteiger partial charge in [-0.05, 0) is 95.6 Å². The molecule has 3 heterocycles. The second kappa shape index (κ2) is 13.0. The van der Waals surface area contributed by atoms with Crippen molar-refractivity contribution in [3.05, 3.63) is 56.5 Å². The summed E-state index contributed by atoms with van der Waals surface area (Å²) in [5.41, 5.74) is 4.70. The minimum Gasteiger partial charge on any atom is -0.490 e. The van der Waals surface area contributed by atoms with Crippen molar-refractivity contribution in [2.75, 3.05) is 37.7 Å². The van der Waals surface area contributed by atoms with Crippen LogP contribution in [0.2, 0.25) is 0 Å². The summed E-state index contributed by atoms with van der Waals surface area (Å²) in [5, 5.41) is 3.02. The first-order chi connectivity index (χ1) is 19.7. The Kier molecular flexibility index (Phi) is 9.39. The van der Waals surface area contributed by atoms with E-state index in [2.05, 4.69) is 40.0 Å². The first kappa shape index (κ1) is 29.6. The molecule has 2 aliphatic heterocycles. The Bertz CT molecular complexity index is 1270. The van der Waals surface area contributed by atoms with E-state index in [0.29, 0.717) is 23.2 Å². The number of pyridine rings is 1. The highest BCUT2D eigenvalue weighted by Gasteiger charge is 2.36. The van der Waals surface area contributed by atoms with Crippen molar-refractivity contribution < 1.29 is 14.3 Å². The average molecular weight is 565 g/mol.